The molecule has 0 atom stereocenters. The van der Waals surface area contributed by atoms with E-state index in [0.717, 1.165) is 11.3 Å². The number of ketones is 1. The largest absolute Gasteiger partial charge is 0.492 e. The van der Waals surface area contributed by atoms with Gasteiger partial charge in [-0.25, -0.2) is 4.39 Å². The molecule has 1 heterocycles. The van der Waals surface area contributed by atoms with Gasteiger partial charge in [0.2, 0.25) is 0 Å². The van der Waals surface area contributed by atoms with Gasteiger partial charge in [-0.15, -0.1) is 0 Å². The lowest BCUT2D eigenvalue weighted by atomic mass is 9.85. The van der Waals surface area contributed by atoms with Crippen LogP contribution in [0.15, 0.2) is 40.9 Å². The van der Waals surface area contributed by atoms with Crippen LogP contribution in [0.4, 0.5) is 4.39 Å². The summed E-state index contributed by atoms with van der Waals surface area (Å²) < 4.78 is 20.1. The SMILES string of the molecule is CC1(C)COc2ccc(C(=O)c3cc(Br)ccc3F)cc21. The van der Waals surface area contributed by atoms with Gasteiger partial charge in [-0.1, -0.05) is 29.8 Å². The van der Waals surface area contributed by atoms with Crippen LogP contribution in [0.5, 0.6) is 5.75 Å². The zero-order valence-electron chi connectivity index (χ0n) is 11.7. The van der Waals surface area contributed by atoms with Gasteiger partial charge in [-0.2, -0.15) is 0 Å². The predicted octanol–water partition coefficient (Wildman–Crippen LogP) is 4.49. The van der Waals surface area contributed by atoms with Crippen molar-refractivity contribution in [3.63, 3.8) is 0 Å². The maximum Gasteiger partial charge on any atom is 0.196 e. The van der Waals surface area contributed by atoms with Gasteiger partial charge in [0.25, 0.3) is 0 Å². The molecule has 1 aliphatic rings. The van der Waals surface area contributed by atoms with Crippen molar-refractivity contribution in [2.24, 2.45) is 0 Å². The molecule has 2 nitrogen and oxygen atoms in total. The van der Waals surface area contributed by atoms with Crippen LogP contribution in [0.25, 0.3) is 0 Å². The van der Waals surface area contributed by atoms with Crippen molar-refractivity contribution in [3.8, 4) is 5.75 Å². The van der Waals surface area contributed by atoms with Gasteiger partial charge < -0.3 is 4.74 Å². The van der Waals surface area contributed by atoms with E-state index < -0.39 is 5.82 Å². The molecule has 0 unspecified atom stereocenters. The van der Waals surface area contributed by atoms with Gasteiger partial charge in [-0.05, 0) is 36.4 Å². The second kappa shape index (κ2) is 4.95. The third kappa shape index (κ3) is 2.48. The number of halogens is 2. The molecular formula is C17H14BrFO2. The summed E-state index contributed by atoms with van der Waals surface area (Å²) in [5.41, 5.74) is 1.40. The van der Waals surface area contributed by atoms with Crippen LogP contribution in [-0.4, -0.2) is 12.4 Å². The van der Waals surface area contributed by atoms with Crippen LogP contribution in [0.2, 0.25) is 0 Å². The Morgan fingerprint density at radius 3 is 2.76 bits per heavy atom. The lowest BCUT2D eigenvalue weighted by molar-refractivity contribution is 0.103. The van der Waals surface area contributed by atoms with E-state index in [9.17, 15) is 9.18 Å². The molecule has 0 fully saturated rings. The third-order valence-electron chi connectivity index (χ3n) is 3.73. The molecule has 1 aliphatic heterocycles. The third-order valence-corrected chi connectivity index (χ3v) is 4.23. The monoisotopic (exact) mass is 348 g/mol. The van der Waals surface area contributed by atoms with Crippen molar-refractivity contribution >= 4 is 21.7 Å². The van der Waals surface area contributed by atoms with E-state index in [4.69, 9.17) is 4.74 Å². The molecule has 0 saturated carbocycles. The van der Waals surface area contributed by atoms with Gasteiger partial charge in [0, 0.05) is 21.0 Å². The molecule has 0 aliphatic carbocycles. The zero-order chi connectivity index (χ0) is 15.2. The summed E-state index contributed by atoms with van der Waals surface area (Å²) in [6, 6.07) is 9.65. The van der Waals surface area contributed by atoms with Gasteiger partial charge in [0.05, 0.1) is 12.2 Å². The minimum atomic E-state index is -0.515. The molecule has 2 aromatic rings. The van der Waals surface area contributed by atoms with Crippen LogP contribution in [0, 0.1) is 5.82 Å². The van der Waals surface area contributed by atoms with E-state index in [2.05, 4.69) is 29.8 Å². The molecule has 0 N–H and O–H groups in total. The average molecular weight is 349 g/mol. The molecule has 108 valence electrons. The Morgan fingerprint density at radius 2 is 2.00 bits per heavy atom. The van der Waals surface area contributed by atoms with Gasteiger partial charge in [-0.3, -0.25) is 4.79 Å². The Morgan fingerprint density at radius 1 is 1.24 bits per heavy atom. The first kappa shape index (κ1) is 14.3. The minimum Gasteiger partial charge on any atom is -0.492 e. The molecule has 4 heteroatoms. The van der Waals surface area contributed by atoms with Crippen molar-refractivity contribution in [1.82, 2.24) is 0 Å². The van der Waals surface area contributed by atoms with Crippen molar-refractivity contribution in [2.75, 3.05) is 6.61 Å². The molecule has 0 spiro atoms. The molecular weight excluding hydrogens is 335 g/mol. The first-order valence-corrected chi connectivity index (χ1v) is 7.45. The van der Waals surface area contributed by atoms with E-state index in [-0.39, 0.29) is 16.8 Å². The second-order valence-electron chi connectivity index (χ2n) is 5.84. The first-order chi connectivity index (χ1) is 9.88. The van der Waals surface area contributed by atoms with Crippen LogP contribution in [0.3, 0.4) is 0 Å². The number of fused-ring (bicyclic) bond motifs is 1. The summed E-state index contributed by atoms with van der Waals surface area (Å²) in [6.07, 6.45) is 0. The summed E-state index contributed by atoms with van der Waals surface area (Å²) in [5, 5.41) is 0. The van der Waals surface area contributed by atoms with Crippen LogP contribution < -0.4 is 4.74 Å². The normalized spacial score (nSPS) is 15.4. The van der Waals surface area contributed by atoms with Gasteiger partial charge in [0.1, 0.15) is 11.6 Å². The number of hydrogen-bond acceptors (Lipinski definition) is 2. The molecule has 2 aromatic carbocycles. The highest BCUT2D eigenvalue weighted by Gasteiger charge is 2.32. The Labute approximate surface area is 131 Å². The lowest BCUT2D eigenvalue weighted by Crippen LogP contribution is -2.18. The highest BCUT2D eigenvalue weighted by Crippen LogP contribution is 2.39. The molecule has 21 heavy (non-hydrogen) atoms. The Hall–Kier alpha value is -1.68. The average Bonchev–Trinajstić information content (AvgIpc) is 2.76. The first-order valence-electron chi connectivity index (χ1n) is 6.65. The Balaban J connectivity index is 2.06. The van der Waals surface area contributed by atoms with E-state index in [1.54, 1.807) is 18.2 Å². The Kier molecular flexibility index (Phi) is 3.36. The summed E-state index contributed by atoms with van der Waals surface area (Å²) >= 11 is 3.27. The highest BCUT2D eigenvalue weighted by atomic mass is 79.9. The number of benzene rings is 2. The zero-order valence-corrected chi connectivity index (χ0v) is 13.3. The molecule has 3 rings (SSSR count). The summed E-state index contributed by atoms with van der Waals surface area (Å²) in [6.45, 7) is 4.71. The highest BCUT2D eigenvalue weighted by molar-refractivity contribution is 9.10. The number of hydrogen-bond donors (Lipinski definition) is 0. The van der Waals surface area contributed by atoms with Crippen LogP contribution in [-0.2, 0) is 5.41 Å². The molecule has 0 bridgehead atoms. The fourth-order valence-corrected chi connectivity index (χ4v) is 2.85. The van der Waals surface area contributed by atoms with Gasteiger partial charge >= 0.3 is 0 Å². The number of carbonyl (C=O) groups excluding carboxylic acids is 1. The minimum absolute atomic E-state index is 0.0704. The quantitative estimate of drug-likeness (QED) is 0.747. The maximum absolute atomic E-state index is 13.9. The van der Waals surface area contributed by atoms with E-state index in [0.29, 0.717) is 16.6 Å². The topological polar surface area (TPSA) is 26.3 Å². The van der Waals surface area contributed by atoms with E-state index >= 15 is 0 Å². The lowest BCUT2D eigenvalue weighted by Gasteiger charge is -2.15. The van der Waals surface area contributed by atoms with E-state index in [1.165, 1.54) is 12.1 Å². The number of ether oxygens (including phenoxy) is 1. The maximum atomic E-state index is 13.9. The molecule has 0 saturated heterocycles. The van der Waals surface area contributed by atoms with Crippen molar-refractivity contribution in [3.05, 3.63) is 63.4 Å². The molecule has 0 amide bonds. The molecule has 0 aromatic heterocycles. The van der Waals surface area contributed by atoms with Crippen LogP contribution >= 0.6 is 15.9 Å². The van der Waals surface area contributed by atoms with E-state index in [1.807, 2.05) is 6.07 Å². The standard InChI is InChI=1S/C17H14BrFO2/c1-17(2)9-21-15-6-3-10(7-13(15)17)16(20)12-8-11(18)4-5-14(12)19/h3-8H,9H2,1-2H3. The number of carbonyl (C=O) groups is 1. The fourth-order valence-electron chi connectivity index (χ4n) is 2.49. The van der Waals surface area contributed by atoms with Crippen LogP contribution in [0.1, 0.15) is 35.3 Å². The van der Waals surface area contributed by atoms with Crippen molar-refractivity contribution in [2.45, 2.75) is 19.3 Å². The Bertz CT molecular complexity index is 738. The van der Waals surface area contributed by atoms with Crippen molar-refractivity contribution in [1.29, 1.82) is 0 Å². The second-order valence-corrected chi connectivity index (χ2v) is 6.75. The summed E-state index contributed by atoms with van der Waals surface area (Å²) in [5.74, 6) is -0.0372. The summed E-state index contributed by atoms with van der Waals surface area (Å²) in [7, 11) is 0. The molecule has 0 radical (unpaired) electrons. The number of rotatable bonds is 2. The summed E-state index contributed by atoms with van der Waals surface area (Å²) in [4.78, 5) is 12.5. The van der Waals surface area contributed by atoms with Crippen molar-refractivity contribution < 1.29 is 13.9 Å². The predicted molar refractivity (Wildman–Crippen MR) is 82.5 cm³/mol. The van der Waals surface area contributed by atoms with Gasteiger partial charge in [0.15, 0.2) is 5.78 Å². The fraction of sp³-hybridized carbons (Fsp3) is 0.235. The smallest absolute Gasteiger partial charge is 0.196 e.